The molecule has 0 aliphatic carbocycles. The SMILES string of the molecule is O=C(NCc1cccc(C#CCO)c1)C1CCCO1. The molecular weight excluding hydrogens is 242 g/mol. The molecular formula is C15H17NO3. The molecule has 1 aromatic rings. The van der Waals surface area contributed by atoms with Crippen LogP contribution in [0, 0.1) is 11.8 Å². The Morgan fingerprint density at radius 3 is 3.16 bits per heavy atom. The van der Waals surface area contributed by atoms with Gasteiger partial charge in [0.1, 0.15) is 12.7 Å². The van der Waals surface area contributed by atoms with Crippen LogP contribution in [0.3, 0.4) is 0 Å². The van der Waals surface area contributed by atoms with E-state index in [2.05, 4.69) is 17.2 Å². The van der Waals surface area contributed by atoms with Crippen LogP contribution in [0.15, 0.2) is 24.3 Å². The van der Waals surface area contributed by atoms with Crippen molar-refractivity contribution in [3.8, 4) is 11.8 Å². The third-order valence-electron chi connectivity index (χ3n) is 2.93. The molecule has 2 rings (SSSR count). The minimum atomic E-state index is -0.294. The van der Waals surface area contributed by atoms with Crippen LogP contribution in [0.5, 0.6) is 0 Å². The maximum absolute atomic E-state index is 11.8. The smallest absolute Gasteiger partial charge is 0.249 e. The van der Waals surface area contributed by atoms with Crippen molar-refractivity contribution < 1.29 is 14.6 Å². The number of carbonyl (C=O) groups excluding carboxylic acids is 1. The van der Waals surface area contributed by atoms with Crippen LogP contribution in [0.2, 0.25) is 0 Å². The van der Waals surface area contributed by atoms with Crippen LogP contribution in [0.4, 0.5) is 0 Å². The number of hydrogen-bond acceptors (Lipinski definition) is 3. The van der Waals surface area contributed by atoms with Gasteiger partial charge in [-0.25, -0.2) is 0 Å². The molecule has 0 spiro atoms. The summed E-state index contributed by atoms with van der Waals surface area (Å²) in [6.07, 6.45) is 1.45. The number of hydrogen-bond donors (Lipinski definition) is 2. The Bertz CT molecular complexity index is 496. The topological polar surface area (TPSA) is 58.6 Å². The number of aliphatic hydroxyl groups excluding tert-OH is 1. The van der Waals surface area contributed by atoms with Gasteiger partial charge >= 0.3 is 0 Å². The fourth-order valence-corrected chi connectivity index (χ4v) is 1.99. The van der Waals surface area contributed by atoms with Gasteiger partial charge in [0, 0.05) is 18.7 Å². The Labute approximate surface area is 112 Å². The minimum absolute atomic E-state index is 0.0515. The van der Waals surface area contributed by atoms with Crippen LogP contribution >= 0.6 is 0 Å². The second kappa shape index (κ2) is 6.93. The molecule has 0 saturated carbocycles. The van der Waals surface area contributed by atoms with Crippen molar-refractivity contribution >= 4 is 5.91 Å². The van der Waals surface area contributed by atoms with Gasteiger partial charge in [-0.05, 0) is 30.5 Å². The standard InChI is InChI=1S/C15H17NO3/c17-8-2-6-12-4-1-5-13(10-12)11-16-15(18)14-7-3-9-19-14/h1,4-5,10,14,17H,3,7-9,11H2,(H,16,18). The first-order chi connectivity index (χ1) is 9.29. The minimum Gasteiger partial charge on any atom is -0.384 e. The molecule has 1 aliphatic rings. The highest BCUT2D eigenvalue weighted by atomic mass is 16.5. The van der Waals surface area contributed by atoms with E-state index in [0.717, 1.165) is 24.0 Å². The first kappa shape index (κ1) is 13.6. The van der Waals surface area contributed by atoms with Crippen molar-refractivity contribution in [1.29, 1.82) is 0 Å². The molecule has 1 atom stereocenters. The highest BCUT2D eigenvalue weighted by Crippen LogP contribution is 2.12. The van der Waals surface area contributed by atoms with Gasteiger partial charge in [0.15, 0.2) is 0 Å². The van der Waals surface area contributed by atoms with Crippen molar-refractivity contribution in [2.24, 2.45) is 0 Å². The fourth-order valence-electron chi connectivity index (χ4n) is 1.99. The number of benzene rings is 1. The third-order valence-corrected chi connectivity index (χ3v) is 2.93. The van der Waals surface area contributed by atoms with Gasteiger partial charge in [0.25, 0.3) is 0 Å². The van der Waals surface area contributed by atoms with Crippen molar-refractivity contribution in [2.45, 2.75) is 25.5 Å². The second-order valence-corrected chi connectivity index (χ2v) is 4.38. The quantitative estimate of drug-likeness (QED) is 0.790. The molecule has 0 bridgehead atoms. The number of amides is 1. The Morgan fingerprint density at radius 1 is 1.53 bits per heavy atom. The number of nitrogens with one attached hydrogen (secondary N) is 1. The summed E-state index contributed by atoms with van der Waals surface area (Å²) >= 11 is 0. The Balaban J connectivity index is 1.90. The average Bonchev–Trinajstić information content (AvgIpc) is 2.97. The maximum atomic E-state index is 11.8. The van der Waals surface area contributed by atoms with Gasteiger partial charge < -0.3 is 15.2 Å². The summed E-state index contributed by atoms with van der Waals surface area (Å²) in [6, 6.07) is 7.58. The highest BCUT2D eigenvalue weighted by Gasteiger charge is 2.22. The third kappa shape index (κ3) is 4.09. The molecule has 4 heteroatoms. The Kier molecular flexibility index (Phi) is 4.96. The van der Waals surface area contributed by atoms with Crippen LogP contribution in [-0.4, -0.2) is 30.3 Å². The van der Waals surface area contributed by atoms with Crippen molar-refractivity contribution in [1.82, 2.24) is 5.32 Å². The van der Waals surface area contributed by atoms with Crippen LogP contribution < -0.4 is 5.32 Å². The van der Waals surface area contributed by atoms with Crippen LogP contribution in [0.1, 0.15) is 24.0 Å². The normalized spacial score (nSPS) is 17.6. The lowest BCUT2D eigenvalue weighted by Crippen LogP contribution is -2.33. The van der Waals surface area contributed by atoms with E-state index in [0.29, 0.717) is 13.2 Å². The molecule has 1 unspecified atom stereocenters. The van der Waals surface area contributed by atoms with Gasteiger partial charge in [-0.3, -0.25) is 4.79 Å². The number of rotatable bonds is 3. The van der Waals surface area contributed by atoms with Crippen molar-refractivity contribution in [3.05, 3.63) is 35.4 Å². The molecule has 4 nitrogen and oxygen atoms in total. The van der Waals surface area contributed by atoms with E-state index in [-0.39, 0.29) is 18.6 Å². The number of carbonyl (C=O) groups is 1. The summed E-state index contributed by atoms with van der Waals surface area (Å²) in [6.45, 7) is 0.984. The molecule has 1 aliphatic heterocycles. The first-order valence-corrected chi connectivity index (χ1v) is 6.37. The van der Waals surface area contributed by atoms with Crippen LogP contribution in [0.25, 0.3) is 0 Å². The van der Waals surface area contributed by atoms with E-state index < -0.39 is 0 Å². The molecule has 0 aromatic heterocycles. The molecule has 1 heterocycles. The molecule has 1 aromatic carbocycles. The summed E-state index contributed by atoms with van der Waals surface area (Å²) in [5.74, 6) is 5.39. The predicted molar refractivity (Wildman–Crippen MR) is 71.2 cm³/mol. The van der Waals surface area contributed by atoms with Crippen molar-refractivity contribution in [3.63, 3.8) is 0 Å². The van der Waals surface area contributed by atoms with E-state index in [4.69, 9.17) is 9.84 Å². The van der Waals surface area contributed by atoms with E-state index in [9.17, 15) is 4.79 Å². The molecule has 100 valence electrons. The summed E-state index contributed by atoms with van der Waals surface area (Å²) < 4.78 is 5.32. The van der Waals surface area contributed by atoms with Gasteiger partial charge in [-0.1, -0.05) is 24.0 Å². The summed E-state index contributed by atoms with van der Waals surface area (Å²) in [5, 5.41) is 11.5. The maximum Gasteiger partial charge on any atom is 0.249 e. The number of ether oxygens (including phenoxy) is 1. The zero-order valence-electron chi connectivity index (χ0n) is 10.7. The lowest BCUT2D eigenvalue weighted by atomic mass is 10.1. The molecule has 19 heavy (non-hydrogen) atoms. The van der Waals surface area contributed by atoms with Gasteiger partial charge in [-0.2, -0.15) is 0 Å². The zero-order valence-corrected chi connectivity index (χ0v) is 10.7. The van der Waals surface area contributed by atoms with E-state index in [1.165, 1.54) is 0 Å². The van der Waals surface area contributed by atoms with Gasteiger partial charge in [-0.15, -0.1) is 0 Å². The molecule has 2 N–H and O–H groups in total. The van der Waals surface area contributed by atoms with E-state index in [1.54, 1.807) is 0 Å². The Hall–Kier alpha value is -1.83. The lowest BCUT2D eigenvalue weighted by molar-refractivity contribution is -0.130. The molecule has 0 radical (unpaired) electrons. The van der Waals surface area contributed by atoms with Crippen LogP contribution in [-0.2, 0) is 16.1 Å². The summed E-state index contributed by atoms with van der Waals surface area (Å²) in [7, 11) is 0. The lowest BCUT2D eigenvalue weighted by Gasteiger charge is -2.10. The number of aliphatic hydroxyl groups is 1. The molecule has 1 amide bonds. The fraction of sp³-hybridized carbons (Fsp3) is 0.400. The van der Waals surface area contributed by atoms with E-state index in [1.807, 2.05) is 24.3 Å². The van der Waals surface area contributed by atoms with Gasteiger partial charge in [0.2, 0.25) is 5.91 Å². The zero-order chi connectivity index (χ0) is 13.5. The molecule has 1 saturated heterocycles. The summed E-state index contributed by atoms with van der Waals surface area (Å²) in [4.78, 5) is 11.8. The second-order valence-electron chi connectivity index (χ2n) is 4.38. The average molecular weight is 259 g/mol. The summed E-state index contributed by atoms with van der Waals surface area (Å²) in [5.41, 5.74) is 1.81. The Morgan fingerprint density at radius 2 is 2.42 bits per heavy atom. The first-order valence-electron chi connectivity index (χ1n) is 6.37. The van der Waals surface area contributed by atoms with Crippen molar-refractivity contribution in [2.75, 3.05) is 13.2 Å². The largest absolute Gasteiger partial charge is 0.384 e. The monoisotopic (exact) mass is 259 g/mol. The predicted octanol–water partition coefficient (Wildman–Crippen LogP) is 0.826. The highest BCUT2D eigenvalue weighted by molar-refractivity contribution is 5.80. The van der Waals surface area contributed by atoms with Gasteiger partial charge in [0.05, 0.1) is 0 Å². The molecule has 1 fully saturated rings. The van der Waals surface area contributed by atoms with E-state index >= 15 is 0 Å².